The molecule has 0 bridgehead atoms. The molecule has 1 aromatic heterocycles. The Bertz CT molecular complexity index is 408. The van der Waals surface area contributed by atoms with Gasteiger partial charge < -0.3 is 15.4 Å². The topological polar surface area (TPSA) is 63.2 Å². The fourth-order valence-corrected chi connectivity index (χ4v) is 2.00. The molecule has 0 aliphatic carbocycles. The maximum atomic E-state index is 11.9. The quantitative estimate of drug-likeness (QED) is 0.818. The summed E-state index contributed by atoms with van der Waals surface area (Å²) in [6.45, 7) is 2.81. The second kappa shape index (κ2) is 5.14. The zero-order valence-electron chi connectivity index (χ0n) is 10.1. The molecule has 1 amide bonds. The highest BCUT2D eigenvalue weighted by molar-refractivity contribution is 5.96. The van der Waals surface area contributed by atoms with Gasteiger partial charge in [0.25, 0.3) is 5.91 Å². The van der Waals surface area contributed by atoms with Crippen LogP contribution in [-0.2, 0) is 4.79 Å². The van der Waals surface area contributed by atoms with Crippen molar-refractivity contribution in [1.29, 1.82) is 0 Å². The number of carbonyl (C=O) groups excluding carboxylic acids is 1. The number of hydrogen-bond acceptors (Lipinski definition) is 4. The van der Waals surface area contributed by atoms with Crippen molar-refractivity contribution in [2.45, 2.75) is 19.4 Å². The first-order valence-electron chi connectivity index (χ1n) is 5.83. The summed E-state index contributed by atoms with van der Waals surface area (Å²) in [6.07, 6.45) is 2.08. The SMILES string of the molecule is CCC(CNC)C1Oc2cccnc2NC1=O. The highest BCUT2D eigenvalue weighted by Gasteiger charge is 2.33. The summed E-state index contributed by atoms with van der Waals surface area (Å²) >= 11 is 0. The highest BCUT2D eigenvalue weighted by Crippen LogP contribution is 2.29. The van der Waals surface area contributed by atoms with Gasteiger partial charge >= 0.3 is 0 Å². The molecule has 5 nitrogen and oxygen atoms in total. The molecule has 2 atom stereocenters. The minimum atomic E-state index is -0.441. The minimum Gasteiger partial charge on any atom is -0.476 e. The predicted molar refractivity (Wildman–Crippen MR) is 65.0 cm³/mol. The minimum absolute atomic E-state index is 0.113. The van der Waals surface area contributed by atoms with Gasteiger partial charge in [0.2, 0.25) is 0 Å². The third-order valence-electron chi connectivity index (χ3n) is 2.94. The zero-order chi connectivity index (χ0) is 12.3. The van der Waals surface area contributed by atoms with E-state index in [0.717, 1.165) is 13.0 Å². The van der Waals surface area contributed by atoms with E-state index in [1.807, 2.05) is 13.1 Å². The Kier molecular flexibility index (Phi) is 3.58. The Morgan fingerprint density at radius 3 is 3.18 bits per heavy atom. The standard InChI is InChI=1S/C12H17N3O2/c1-3-8(7-13-2)10-12(16)15-11-9(17-10)5-4-6-14-11/h4-6,8,10,13H,3,7H2,1-2H3,(H,14,15,16). The fraction of sp³-hybridized carbons (Fsp3) is 0.500. The van der Waals surface area contributed by atoms with Gasteiger partial charge in [0.1, 0.15) is 0 Å². The van der Waals surface area contributed by atoms with Crippen LogP contribution >= 0.6 is 0 Å². The summed E-state index contributed by atoms with van der Waals surface area (Å²) in [5.41, 5.74) is 0. The first-order valence-corrected chi connectivity index (χ1v) is 5.83. The number of rotatable bonds is 4. The number of aromatic nitrogens is 1. The summed E-state index contributed by atoms with van der Waals surface area (Å²) in [4.78, 5) is 16.0. The maximum absolute atomic E-state index is 11.9. The monoisotopic (exact) mass is 235 g/mol. The van der Waals surface area contributed by atoms with Crippen LogP contribution in [0.5, 0.6) is 5.75 Å². The first kappa shape index (κ1) is 11.9. The molecule has 1 aromatic rings. The van der Waals surface area contributed by atoms with E-state index in [2.05, 4.69) is 22.5 Å². The van der Waals surface area contributed by atoms with Gasteiger partial charge in [-0.15, -0.1) is 0 Å². The Hall–Kier alpha value is -1.62. The van der Waals surface area contributed by atoms with Gasteiger partial charge in [0.15, 0.2) is 17.7 Å². The van der Waals surface area contributed by atoms with Gasteiger partial charge in [-0.05, 0) is 25.6 Å². The first-order chi connectivity index (χ1) is 8.26. The van der Waals surface area contributed by atoms with Crippen LogP contribution in [0.25, 0.3) is 0 Å². The number of hydrogen-bond donors (Lipinski definition) is 2. The second-order valence-electron chi connectivity index (χ2n) is 4.10. The number of fused-ring (bicyclic) bond motifs is 1. The lowest BCUT2D eigenvalue weighted by atomic mass is 9.97. The number of nitrogens with one attached hydrogen (secondary N) is 2. The number of ether oxygens (including phenoxy) is 1. The molecule has 1 aliphatic rings. The summed E-state index contributed by atoms with van der Waals surface area (Å²) in [6, 6.07) is 3.62. The van der Waals surface area contributed by atoms with E-state index in [0.29, 0.717) is 11.6 Å². The number of pyridine rings is 1. The van der Waals surface area contributed by atoms with E-state index in [1.54, 1.807) is 12.3 Å². The molecule has 0 saturated heterocycles. The zero-order valence-corrected chi connectivity index (χ0v) is 10.1. The molecular weight excluding hydrogens is 218 g/mol. The average Bonchev–Trinajstić information content (AvgIpc) is 2.35. The summed E-state index contributed by atoms with van der Waals surface area (Å²) in [5, 5.41) is 5.87. The van der Waals surface area contributed by atoms with Crippen LogP contribution in [0.2, 0.25) is 0 Å². The molecule has 0 aromatic carbocycles. The molecule has 2 heterocycles. The highest BCUT2D eigenvalue weighted by atomic mass is 16.5. The molecule has 0 saturated carbocycles. The molecule has 0 radical (unpaired) electrons. The number of anilines is 1. The van der Waals surface area contributed by atoms with Crippen molar-refractivity contribution >= 4 is 11.7 Å². The van der Waals surface area contributed by atoms with Crippen LogP contribution in [0.1, 0.15) is 13.3 Å². The molecule has 0 fully saturated rings. The lowest BCUT2D eigenvalue weighted by Crippen LogP contribution is -2.45. The molecule has 2 unspecified atom stereocenters. The molecule has 0 spiro atoms. The van der Waals surface area contributed by atoms with Crippen molar-refractivity contribution < 1.29 is 9.53 Å². The smallest absolute Gasteiger partial charge is 0.267 e. The van der Waals surface area contributed by atoms with Gasteiger partial charge in [0.05, 0.1) is 0 Å². The maximum Gasteiger partial charge on any atom is 0.267 e. The number of carbonyl (C=O) groups is 1. The van der Waals surface area contributed by atoms with E-state index in [1.165, 1.54) is 0 Å². The summed E-state index contributed by atoms with van der Waals surface area (Å²) in [7, 11) is 1.87. The number of amides is 1. The van der Waals surface area contributed by atoms with E-state index in [9.17, 15) is 4.79 Å². The molecule has 17 heavy (non-hydrogen) atoms. The summed E-state index contributed by atoms with van der Waals surface area (Å²) in [5.74, 6) is 1.20. The van der Waals surface area contributed by atoms with Crippen molar-refractivity contribution in [2.24, 2.45) is 5.92 Å². The molecule has 92 valence electrons. The van der Waals surface area contributed by atoms with Gasteiger partial charge in [-0.3, -0.25) is 4.79 Å². The van der Waals surface area contributed by atoms with Crippen LogP contribution in [0.4, 0.5) is 5.82 Å². The van der Waals surface area contributed by atoms with Gasteiger partial charge in [0, 0.05) is 18.7 Å². The van der Waals surface area contributed by atoms with Crippen molar-refractivity contribution in [1.82, 2.24) is 10.3 Å². The van der Waals surface area contributed by atoms with E-state index < -0.39 is 6.10 Å². The van der Waals surface area contributed by atoms with Crippen molar-refractivity contribution in [2.75, 3.05) is 18.9 Å². The molecule has 2 rings (SSSR count). The van der Waals surface area contributed by atoms with E-state index >= 15 is 0 Å². The van der Waals surface area contributed by atoms with Gasteiger partial charge in [-0.2, -0.15) is 0 Å². The number of nitrogens with zero attached hydrogens (tertiary/aromatic N) is 1. The van der Waals surface area contributed by atoms with Crippen molar-refractivity contribution in [3.8, 4) is 5.75 Å². The third kappa shape index (κ3) is 2.39. The largest absolute Gasteiger partial charge is 0.476 e. The average molecular weight is 235 g/mol. The Morgan fingerprint density at radius 1 is 1.65 bits per heavy atom. The lowest BCUT2D eigenvalue weighted by Gasteiger charge is -2.30. The van der Waals surface area contributed by atoms with Crippen LogP contribution in [0.3, 0.4) is 0 Å². The van der Waals surface area contributed by atoms with Crippen LogP contribution in [-0.4, -0.2) is 30.6 Å². The Morgan fingerprint density at radius 2 is 2.47 bits per heavy atom. The van der Waals surface area contributed by atoms with E-state index in [-0.39, 0.29) is 11.8 Å². The second-order valence-corrected chi connectivity index (χ2v) is 4.10. The third-order valence-corrected chi connectivity index (χ3v) is 2.94. The molecular formula is C12H17N3O2. The fourth-order valence-electron chi connectivity index (χ4n) is 2.00. The lowest BCUT2D eigenvalue weighted by molar-refractivity contribution is -0.126. The molecule has 2 N–H and O–H groups in total. The summed E-state index contributed by atoms with van der Waals surface area (Å²) < 4.78 is 5.74. The van der Waals surface area contributed by atoms with Crippen LogP contribution in [0.15, 0.2) is 18.3 Å². The Balaban J connectivity index is 2.19. The Labute approximate surface area is 101 Å². The van der Waals surface area contributed by atoms with Crippen LogP contribution < -0.4 is 15.4 Å². The van der Waals surface area contributed by atoms with Crippen molar-refractivity contribution in [3.63, 3.8) is 0 Å². The van der Waals surface area contributed by atoms with Gasteiger partial charge in [-0.25, -0.2) is 4.98 Å². The molecule has 5 heteroatoms. The normalized spacial score (nSPS) is 20.1. The molecule has 1 aliphatic heterocycles. The van der Waals surface area contributed by atoms with Crippen molar-refractivity contribution in [3.05, 3.63) is 18.3 Å². The van der Waals surface area contributed by atoms with Crippen LogP contribution in [0, 0.1) is 5.92 Å². The predicted octanol–water partition coefficient (Wildman–Crippen LogP) is 1.03. The van der Waals surface area contributed by atoms with Gasteiger partial charge in [-0.1, -0.05) is 6.92 Å². The van der Waals surface area contributed by atoms with E-state index in [4.69, 9.17) is 4.74 Å².